The molecule has 1 saturated heterocycles. The molecule has 3 aromatic rings. The lowest BCUT2D eigenvalue weighted by Gasteiger charge is -2.27. The smallest absolute Gasteiger partial charge is 0.323 e. The third-order valence-electron chi connectivity index (χ3n) is 7.05. The number of hydrogen-bond acceptors (Lipinski definition) is 5. The molecule has 0 bridgehead atoms. The van der Waals surface area contributed by atoms with Gasteiger partial charge in [0.25, 0.3) is 5.82 Å². The Kier molecular flexibility index (Phi) is 7.89. The number of H-pyrrole nitrogens is 1. The number of likely N-dealkylation sites (tertiary alicyclic amines) is 1. The molecule has 12 heteroatoms. The Balaban J connectivity index is 1.41. The molecule has 2 aliphatic heterocycles. The van der Waals surface area contributed by atoms with Crippen LogP contribution in [0, 0.1) is 11.6 Å². The van der Waals surface area contributed by atoms with E-state index in [1.54, 1.807) is 19.5 Å². The maximum absolute atomic E-state index is 14.1. The van der Waals surface area contributed by atoms with Gasteiger partial charge in [-0.25, -0.2) is 13.6 Å². The molecule has 0 saturated carbocycles. The highest BCUT2D eigenvalue weighted by molar-refractivity contribution is 9.12. The minimum atomic E-state index is -0.650. The van der Waals surface area contributed by atoms with E-state index in [1.807, 2.05) is 37.4 Å². The van der Waals surface area contributed by atoms with Gasteiger partial charge in [-0.05, 0) is 33.6 Å². The van der Waals surface area contributed by atoms with Gasteiger partial charge in [0.2, 0.25) is 0 Å². The van der Waals surface area contributed by atoms with E-state index in [0.29, 0.717) is 47.8 Å². The summed E-state index contributed by atoms with van der Waals surface area (Å²) in [5, 5.41) is 17.8. The number of carbonyl (C=O) groups is 1. The first kappa shape index (κ1) is 27.1. The van der Waals surface area contributed by atoms with Gasteiger partial charge in [0.05, 0.1) is 18.8 Å². The number of amides is 2. The van der Waals surface area contributed by atoms with E-state index in [-0.39, 0.29) is 10.5 Å². The van der Waals surface area contributed by atoms with E-state index >= 15 is 0 Å². The molecule has 39 heavy (non-hydrogen) atoms. The molecule has 1 fully saturated rings. The number of carbonyl (C=O) groups excluding carboxylic acids is 1. The Labute approximate surface area is 233 Å². The molecule has 5 rings (SSSR count). The number of para-hydroxylation sites is 1. The van der Waals surface area contributed by atoms with Crippen molar-refractivity contribution in [2.24, 2.45) is 5.10 Å². The fourth-order valence-corrected chi connectivity index (χ4v) is 5.86. The quantitative estimate of drug-likeness (QED) is 0.340. The number of aromatic amines is 1. The average Bonchev–Trinajstić information content (AvgIpc) is 3.64. The molecule has 2 amide bonds. The zero-order valence-electron chi connectivity index (χ0n) is 21.5. The van der Waals surface area contributed by atoms with Crippen molar-refractivity contribution >= 4 is 33.4 Å². The van der Waals surface area contributed by atoms with E-state index < -0.39 is 23.7 Å². The molecule has 0 spiro atoms. The molecule has 3 heterocycles. The number of hydrogen-bond donors (Lipinski definition) is 3. The van der Waals surface area contributed by atoms with Crippen LogP contribution in [0.1, 0.15) is 17.0 Å². The van der Waals surface area contributed by atoms with Crippen LogP contribution in [0.3, 0.4) is 0 Å². The molecular weight excluding hydrogens is 572 g/mol. The Morgan fingerprint density at radius 1 is 1.21 bits per heavy atom. The summed E-state index contributed by atoms with van der Waals surface area (Å²) < 4.78 is 33.9. The lowest BCUT2D eigenvalue weighted by Crippen LogP contribution is -2.50. The van der Waals surface area contributed by atoms with Crippen molar-refractivity contribution in [3.05, 3.63) is 94.0 Å². The van der Waals surface area contributed by atoms with Crippen molar-refractivity contribution in [3.63, 3.8) is 0 Å². The second-order valence-electron chi connectivity index (χ2n) is 9.66. The topological polar surface area (TPSA) is 94.6 Å². The minimum Gasteiger partial charge on any atom is -0.383 e. The summed E-state index contributed by atoms with van der Waals surface area (Å²) >= 11 is 3.65. The van der Waals surface area contributed by atoms with E-state index in [4.69, 9.17) is 9.84 Å². The number of ether oxygens (including phenoxy) is 1. The van der Waals surface area contributed by atoms with Gasteiger partial charge in [0.15, 0.2) is 11.4 Å². The molecule has 2 aliphatic rings. The fourth-order valence-electron chi connectivity index (χ4n) is 5.10. The van der Waals surface area contributed by atoms with Crippen LogP contribution in [0.5, 0.6) is 0 Å². The highest BCUT2D eigenvalue weighted by atomic mass is 79.9. The van der Waals surface area contributed by atoms with Crippen LogP contribution in [0.25, 0.3) is 0 Å². The summed E-state index contributed by atoms with van der Waals surface area (Å²) in [6.07, 6.45) is 3.39. The zero-order chi connectivity index (χ0) is 27.6. The van der Waals surface area contributed by atoms with Gasteiger partial charge in [-0.2, -0.15) is 5.10 Å². The molecule has 1 unspecified atom stereocenters. The molecule has 9 nitrogen and oxygen atoms in total. The first-order chi connectivity index (χ1) is 18.8. The summed E-state index contributed by atoms with van der Waals surface area (Å²) in [4.78, 5) is 15.6. The number of nitrogens with zero attached hydrogens (tertiary/aromatic N) is 4. The van der Waals surface area contributed by atoms with Gasteiger partial charge in [-0.1, -0.05) is 23.3 Å². The molecule has 0 radical (unpaired) electrons. The van der Waals surface area contributed by atoms with Gasteiger partial charge in [-0.3, -0.25) is 15.3 Å². The van der Waals surface area contributed by atoms with Gasteiger partial charge in [-0.15, -0.1) is 4.59 Å². The van der Waals surface area contributed by atoms with Crippen molar-refractivity contribution in [1.29, 1.82) is 0 Å². The van der Waals surface area contributed by atoms with E-state index in [0.717, 1.165) is 17.3 Å². The maximum atomic E-state index is 14.1. The average molecular weight is 601 g/mol. The number of halogens is 3. The van der Waals surface area contributed by atoms with Crippen molar-refractivity contribution in [3.8, 4) is 0 Å². The number of aromatic nitrogens is 2. The predicted octanol–water partition coefficient (Wildman–Crippen LogP) is 4.02. The zero-order valence-corrected chi connectivity index (χ0v) is 23.1. The molecule has 1 aromatic heterocycles. The fraction of sp³-hybridized carbons (Fsp3) is 0.296. The second-order valence-corrected chi connectivity index (χ2v) is 10.5. The summed E-state index contributed by atoms with van der Waals surface area (Å²) in [6.45, 7) is 2.16. The number of benzene rings is 2. The van der Waals surface area contributed by atoms with Crippen LogP contribution in [-0.4, -0.2) is 73.3 Å². The molecular formula is C27H29BrF2N7O2+. The number of quaternary nitrogens is 1. The Morgan fingerprint density at radius 3 is 2.62 bits per heavy atom. The second kappa shape index (κ2) is 11.3. The van der Waals surface area contributed by atoms with Crippen molar-refractivity contribution in [2.45, 2.75) is 12.0 Å². The third-order valence-corrected chi connectivity index (χ3v) is 7.80. The molecule has 2 aromatic carbocycles. The predicted molar refractivity (Wildman–Crippen MR) is 148 cm³/mol. The van der Waals surface area contributed by atoms with Gasteiger partial charge in [0, 0.05) is 62.6 Å². The van der Waals surface area contributed by atoms with E-state index in [9.17, 15) is 13.6 Å². The monoisotopic (exact) mass is 600 g/mol. The van der Waals surface area contributed by atoms with Gasteiger partial charge >= 0.3 is 6.03 Å². The Hall–Kier alpha value is -3.45. The first-order valence-electron chi connectivity index (χ1n) is 12.5. The first-order valence-corrected chi connectivity index (χ1v) is 13.2. The number of nitrogens with one attached hydrogen (secondary N) is 3. The number of rotatable bonds is 8. The summed E-state index contributed by atoms with van der Waals surface area (Å²) in [7, 11) is 3.49. The summed E-state index contributed by atoms with van der Waals surface area (Å²) in [6, 6.07) is 12.2. The van der Waals surface area contributed by atoms with Gasteiger partial charge in [0.1, 0.15) is 23.2 Å². The van der Waals surface area contributed by atoms with Crippen molar-refractivity contribution in [1.82, 2.24) is 30.3 Å². The van der Waals surface area contributed by atoms with E-state index in [1.165, 1.54) is 12.1 Å². The Bertz CT molecular complexity index is 1380. The van der Waals surface area contributed by atoms with E-state index in [2.05, 4.69) is 41.7 Å². The number of allylic oxidation sites excluding steroid dienone is 1. The lowest BCUT2D eigenvalue weighted by atomic mass is 9.94. The number of urea groups is 1. The normalized spacial score (nSPS) is 23.3. The van der Waals surface area contributed by atoms with Gasteiger partial charge < -0.3 is 10.1 Å². The third kappa shape index (κ3) is 5.64. The maximum Gasteiger partial charge on any atom is 0.323 e. The molecule has 3 atom stereocenters. The number of methoxy groups -OCH3 is 1. The largest absolute Gasteiger partial charge is 0.383 e. The highest BCUT2D eigenvalue weighted by Gasteiger charge is 2.44. The van der Waals surface area contributed by atoms with Crippen LogP contribution in [-0.2, 0) is 4.74 Å². The van der Waals surface area contributed by atoms with Crippen molar-refractivity contribution < 1.29 is 18.3 Å². The summed E-state index contributed by atoms with van der Waals surface area (Å²) in [5.41, 5.74) is 2.72. The SMILES string of the molecule is COCCN1C[C@@H](NC(=O)NC2=C(Br)C(c3cn[nH]c3)=N[N+]2(C)c2ccccc2)[C@H](c2cc(F)cc(F)c2)C1. The molecule has 0 aliphatic carbocycles. The minimum absolute atomic E-state index is 0.0431. The van der Waals surface area contributed by atoms with Crippen LogP contribution < -0.4 is 15.2 Å². The van der Waals surface area contributed by atoms with Crippen molar-refractivity contribution in [2.75, 3.05) is 40.4 Å². The van der Waals surface area contributed by atoms with Crippen LogP contribution in [0.15, 0.2) is 76.3 Å². The standard InChI is InChI=1S/C27H28BrF2N7O2/c1-37(21-6-4-3-5-7-21)26(24(28)25(35-37)18-13-31-32-14-18)34-27(38)33-23-16-36(8-9-39-2)15-22(23)17-10-19(29)12-20(30)11-17/h3-7,10-14,22-23H,8-9,15-16H2,1-2H3,(H2-,31,32,33,34,35,38)/p+1/t22-,23+,37?/m0/s1. The Morgan fingerprint density at radius 2 is 1.95 bits per heavy atom. The van der Waals surface area contributed by atoms with Crippen LogP contribution in [0.2, 0.25) is 0 Å². The summed E-state index contributed by atoms with van der Waals surface area (Å²) in [5.74, 6) is -1.10. The lowest BCUT2D eigenvalue weighted by molar-refractivity contribution is 0.159. The highest BCUT2D eigenvalue weighted by Crippen LogP contribution is 2.37. The molecule has 3 N–H and O–H groups in total. The molecule has 204 valence electrons. The van der Waals surface area contributed by atoms with Crippen LogP contribution >= 0.6 is 15.9 Å². The van der Waals surface area contributed by atoms with Crippen LogP contribution in [0.4, 0.5) is 19.3 Å².